The fourth-order valence-electron chi connectivity index (χ4n) is 2.33. The van der Waals surface area contributed by atoms with E-state index in [2.05, 4.69) is 5.32 Å². The van der Waals surface area contributed by atoms with Crippen molar-refractivity contribution in [1.29, 1.82) is 0 Å². The van der Waals surface area contributed by atoms with Crippen molar-refractivity contribution in [3.8, 4) is 11.5 Å². The van der Waals surface area contributed by atoms with Gasteiger partial charge in [0, 0.05) is 24.6 Å². The van der Waals surface area contributed by atoms with Gasteiger partial charge in [-0.25, -0.2) is 0 Å². The molecule has 0 aliphatic carbocycles. The first-order chi connectivity index (χ1) is 9.74. The molecule has 5 nitrogen and oxygen atoms in total. The number of benzene rings is 1. The molecule has 0 unspecified atom stereocenters. The number of fused-ring (bicyclic) bond motifs is 1. The van der Waals surface area contributed by atoms with Crippen molar-refractivity contribution in [3.05, 3.63) is 22.7 Å². The molecule has 1 atom stereocenters. The molecule has 6 heteroatoms. The maximum absolute atomic E-state index is 12.1. The van der Waals surface area contributed by atoms with Crippen LogP contribution in [0.5, 0.6) is 11.5 Å². The fourth-order valence-corrected chi connectivity index (χ4v) is 2.59. The molecule has 108 valence electrons. The lowest BCUT2D eigenvalue weighted by Gasteiger charge is -2.20. The smallest absolute Gasteiger partial charge is 0.251 e. The topological polar surface area (TPSA) is 56.8 Å². The van der Waals surface area contributed by atoms with Crippen molar-refractivity contribution in [2.45, 2.75) is 6.42 Å². The largest absolute Gasteiger partial charge is 0.486 e. The molecule has 0 radical (unpaired) electrons. The van der Waals surface area contributed by atoms with Crippen molar-refractivity contribution < 1.29 is 19.0 Å². The number of carbonyl (C=O) groups excluding carboxylic acids is 1. The van der Waals surface area contributed by atoms with E-state index in [1.54, 1.807) is 12.1 Å². The van der Waals surface area contributed by atoms with E-state index in [1.165, 1.54) is 0 Å². The molecule has 2 heterocycles. The minimum atomic E-state index is -0.157. The molecular formula is C14H16ClNO4. The summed E-state index contributed by atoms with van der Waals surface area (Å²) in [7, 11) is 0. The highest BCUT2D eigenvalue weighted by Gasteiger charge is 2.21. The molecule has 0 spiro atoms. The predicted octanol–water partition coefficient (Wildman–Crippen LogP) is 1.88. The molecule has 0 saturated carbocycles. The van der Waals surface area contributed by atoms with E-state index in [4.69, 9.17) is 25.8 Å². The first-order valence-corrected chi connectivity index (χ1v) is 7.07. The molecule has 1 amide bonds. The van der Waals surface area contributed by atoms with E-state index in [1.807, 2.05) is 0 Å². The lowest BCUT2D eigenvalue weighted by molar-refractivity contribution is 0.0943. The maximum Gasteiger partial charge on any atom is 0.251 e. The van der Waals surface area contributed by atoms with E-state index in [0.717, 1.165) is 13.0 Å². The van der Waals surface area contributed by atoms with Crippen molar-refractivity contribution in [2.75, 3.05) is 33.0 Å². The number of ether oxygens (including phenoxy) is 3. The number of rotatable bonds is 3. The van der Waals surface area contributed by atoms with Gasteiger partial charge in [-0.05, 0) is 18.6 Å². The lowest BCUT2D eigenvalue weighted by Crippen LogP contribution is -2.29. The van der Waals surface area contributed by atoms with E-state index in [-0.39, 0.29) is 5.91 Å². The van der Waals surface area contributed by atoms with Crippen LogP contribution in [0.15, 0.2) is 12.1 Å². The Morgan fingerprint density at radius 2 is 2.15 bits per heavy atom. The molecule has 1 saturated heterocycles. The summed E-state index contributed by atoms with van der Waals surface area (Å²) >= 11 is 6.11. The van der Waals surface area contributed by atoms with Crippen molar-refractivity contribution in [3.63, 3.8) is 0 Å². The number of hydrogen-bond donors (Lipinski definition) is 1. The fraction of sp³-hybridized carbons (Fsp3) is 0.500. The monoisotopic (exact) mass is 297 g/mol. The zero-order valence-corrected chi connectivity index (χ0v) is 11.7. The summed E-state index contributed by atoms with van der Waals surface area (Å²) in [6.07, 6.45) is 0.988. The van der Waals surface area contributed by atoms with Crippen molar-refractivity contribution in [2.24, 2.45) is 5.92 Å². The molecule has 0 aromatic heterocycles. The molecule has 1 N–H and O–H groups in total. The molecular weight excluding hydrogens is 282 g/mol. The first-order valence-electron chi connectivity index (χ1n) is 6.69. The second-order valence-electron chi connectivity index (χ2n) is 4.92. The summed E-state index contributed by atoms with van der Waals surface area (Å²) in [6, 6.07) is 3.27. The molecule has 1 fully saturated rings. The third-order valence-corrected chi connectivity index (χ3v) is 3.72. The Morgan fingerprint density at radius 1 is 1.30 bits per heavy atom. The minimum absolute atomic E-state index is 0.157. The average Bonchev–Trinajstić information content (AvgIpc) is 2.98. The van der Waals surface area contributed by atoms with Crippen molar-refractivity contribution in [1.82, 2.24) is 5.32 Å². The number of amides is 1. The molecule has 2 aliphatic heterocycles. The highest BCUT2D eigenvalue weighted by atomic mass is 35.5. The Hall–Kier alpha value is -1.46. The van der Waals surface area contributed by atoms with Gasteiger partial charge in [-0.15, -0.1) is 0 Å². The van der Waals surface area contributed by atoms with Crippen LogP contribution >= 0.6 is 11.6 Å². The number of nitrogens with one attached hydrogen (secondary N) is 1. The van der Waals surface area contributed by atoms with Crippen LogP contribution in [0.3, 0.4) is 0 Å². The van der Waals surface area contributed by atoms with Gasteiger partial charge in [0.1, 0.15) is 13.2 Å². The minimum Gasteiger partial charge on any atom is -0.486 e. The third-order valence-electron chi connectivity index (χ3n) is 3.43. The SMILES string of the molecule is O=C(NC[C@H]1CCOC1)c1cc(Cl)c2c(c1)OCCO2. The Labute approximate surface area is 122 Å². The van der Waals surface area contributed by atoms with E-state index < -0.39 is 0 Å². The van der Waals surface area contributed by atoms with Crippen LogP contribution in [-0.2, 0) is 4.74 Å². The number of halogens is 1. The van der Waals surface area contributed by atoms with Crippen LogP contribution in [0.2, 0.25) is 5.02 Å². The van der Waals surface area contributed by atoms with E-state index in [0.29, 0.717) is 54.4 Å². The summed E-state index contributed by atoms with van der Waals surface area (Å²) in [5.74, 6) is 1.28. The van der Waals surface area contributed by atoms with Gasteiger partial charge in [0.15, 0.2) is 11.5 Å². The zero-order chi connectivity index (χ0) is 13.9. The van der Waals surface area contributed by atoms with Gasteiger partial charge in [0.25, 0.3) is 5.91 Å². The second-order valence-corrected chi connectivity index (χ2v) is 5.33. The van der Waals surface area contributed by atoms with Gasteiger partial charge < -0.3 is 19.5 Å². The normalized spacial score (nSPS) is 20.8. The summed E-state index contributed by atoms with van der Waals surface area (Å²) in [6.45, 7) is 3.04. The molecule has 2 aliphatic rings. The van der Waals surface area contributed by atoms with Gasteiger partial charge >= 0.3 is 0 Å². The van der Waals surface area contributed by atoms with E-state index in [9.17, 15) is 4.79 Å². The summed E-state index contributed by atoms with van der Waals surface area (Å²) in [5.41, 5.74) is 0.484. The Morgan fingerprint density at radius 3 is 2.95 bits per heavy atom. The van der Waals surface area contributed by atoms with Gasteiger partial charge in [-0.1, -0.05) is 11.6 Å². The van der Waals surface area contributed by atoms with Crippen LogP contribution < -0.4 is 14.8 Å². The summed E-state index contributed by atoms with van der Waals surface area (Å²) in [4.78, 5) is 12.1. The predicted molar refractivity (Wildman–Crippen MR) is 73.7 cm³/mol. The second kappa shape index (κ2) is 5.89. The number of hydrogen-bond acceptors (Lipinski definition) is 4. The Balaban J connectivity index is 1.69. The molecule has 1 aromatic carbocycles. The van der Waals surface area contributed by atoms with Gasteiger partial charge in [0.2, 0.25) is 0 Å². The lowest BCUT2D eigenvalue weighted by atomic mass is 10.1. The standard InChI is InChI=1S/C14H16ClNO4/c15-11-5-10(6-12-13(11)20-4-3-19-12)14(17)16-7-9-1-2-18-8-9/h5-6,9H,1-4,7-8H2,(H,16,17)/t9-/m1/s1. The molecule has 3 rings (SSSR count). The quantitative estimate of drug-likeness (QED) is 0.925. The highest BCUT2D eigenvalue weighted by Crippen LogP contribution is 2.38. The van der Waals surface area contributed by atoms with Crippen molar-refractivity contribution >= 4 is 17.5 Å². The molecule has 0 bridgehead atoms. The maximum atomic E-state index is 12.1. The highest BCUT2D eigenvalue weighted by molar-refractivity contribution is 6.32. The van der Waals surface area contributed by atoms with Gasteiger partial charge in [-0.2, -0.15) is 0 Å². The average molecular weight is 298 g/mol. The van der Waals surface area contributed by atoms with Crippen LogP contribution in [0.25, 0.3) is 0 Å². The zero-order valence-electron chi connectivity index (χ0n) is 11.0. The van der Waals surface area contributed by atoms with Crippen LogP contribution in [0, 0.1) is 5.92 Å². The Kier molecular flexibility index (Phi) is 3.98. The van der Waals surface area contributed by atoms with Crippen LogP contribution in [-0.4, -0.2) is 38.9 Å². The number of carbonyl (C=O) groups is 1. The Bertz CT molecular complexity index is 514. The summed E-state index contributed by atoms with van der Waals surface area (Å²) < 4.78 is 16.2. The third kappa shape index (κ3) is 2.83. The first kappa shape index (κ1) is 13.5. The van der Waals surface area contributed by atoms with Crippen LogP contribution in [0.1, 0.15) is 16.8 Å². The van der Waals surface area contributed by atoms with Gasteiger partial charge in [-0.3, -0.25) is 4.79 Å². The molecule has 20 heavy (non-hydrogen) atoms. The molecule has 1 aromatic rings. The van der Waals surface area contributed by atoms with Crippen LogP contribution in [0.4, 0.5) is 0 Å². The summed E-state index contributed by atoms with van der Waals surface area (Å²) in [5, 5.41) is 3.30. The van der Waals surface area contributed by atoms with Gasteiger partial charge in [0.05, 0.1) is 11.6 Å². The van der Waals surface area contributed by atoms with E-state index >= 15 is 0 Å².